The van der Waals surface area contributed by atoms with Gasteiger partial charge in [-0.3, -0.25) is 0 Å². The van der Waals surface area contributed by atoms with Gasteiger partial charge in [0.05, 0.1) is 4.90 Å². The molecule has 6 heteroatoms. The van der Waals surface area contributed by atoms with E-state index in [1.54, 1.807) is 39.0 Å². The highest BCUT2D eigenvalue weighted by Crippen LogP contribution is 2.21. The maximum atomic E-state index is 12.2. The fourth-order valence-corrected chi connectivity index (χ4v) is 3.58. The Hall–Kier alpha value is -0.430. The van der Waals surface area contributed by atoms with Crippen LogP contribution in [0.25, 0.3) is 0 Å². The quantitative estimate of drug-likeness (QED) is 0.865. The Kier molecular flexibility index (Phi) is 5.33. The number of aliphatic hydroxyl groups is 1. The molecular formula is C12H18BrNO3S. The van der Waals surface area contributed by atoms with Gasteiger partial charge < -0.3 is 5.11 Å². The lowest BCUT2D eigenvalue weighted by atomic mass is 10.1. The monoisotopic (exact) mass is 335 g/mol. The van der Waals surface area contributed by atoms with Crippen LogP contribution < -0.4 is 4.72 Å². The van der Waals surface area contributed by atoms with Crippen LogP contribution in [0.3, 0.4) is 0 Å². The maximum absolute atomic E-state index is 12.2. The molecule has 2 N–H and O–H groups in total. The lowest BCUT2D eigenvalue weighted by molar-refractivity contribution is 0.216. The normalized spacial score (nSPS) is 15.4. The van der Waals surface area contributed by atoms with Gasteiger partial charge in [0, 0.05) is 17.1 Å². The molecule has 0 fully saturated rings. The first-order chi connectivity index (χ1) is 8.27. The van der Waals surface area contributed by atoms with E-state index >= 15 is 0 Å². The smallest absolute Gasteiger partial charge is 0.241 e. The van der Waals surface area contributed by atoms with Gasteiger partial charge in [-0.05, 0) is 37.5 Å². The van der Waals surface area contributed by atoms with Crippen molar-refractivity contribution in [2.24, 2.45) is 5.92 Å². The second kappa shape index (κ2) is 6.14. The summed E-state index contributed by atoms with van der Waals surface area (Å²) in [5, 5.41) is 9.03. The van der Waals surface area contributed by atoms with Crippen molar-refractivity contribution in [3.63, 3.8) is 0 Å². The van der Waals surface area contributed by atoms with Gasteiger partial charge in [-0.2, -0.15) is 0 Å². The van der Waals surface area contributed by atoms with E-state index in [1.807, 2.05) is 0 Å². The molecule has 0 heterocycles. The first-order valence-electron chi connectivity index (χ1n) is 5.67. The molecule has 0 aliphatic heterocycles. The highest BCUT2D eigenvalue weighted by molar-refractivity contribution is 9.10. The zero-order valence-electron chi connectivity index (χ0n) is 10.6. The fourth-order valence-electron chi connectivity index (χ4n) is 1.45. The van der Waals surface area contributed by atoms with Crippen LogP contribution in [-0.2, 0) is 10.0 Å². The van der Waals surface area contributed by atoms with Gasteiger partial charge in [-0.1, -0.05) is 28.9 Å². The van der Waals surface area contributed by atoms with Crippen LogP contribution in [-0.4, -0.2) is 26.2 Å². The van der Waals surface area contributed by atoms with Gasteiger partial charge in [-0.25, -0.2) is 13.1 Å². The van der Waals surface area contributed by atoms with E-state index in [0.717, 1.165) is 4.47 Å². The average molecular weight is 336 g/mol. The second-order valence-electron chi connectivity index (χ2n) is 4.48. The van der Waals surface area contributed by atoms with Gasteiger partial charge in [0.15, 0.2) is 0 Å². The first-order valence-corrected chi connectivity index (χ1v) is 7.95. The summed E-state index contributed by atoms with van der Waals surface area (Å²) in [5.41, 5.74) is 0.689. The Labute approximate surface area is 117 Å². The van der Waals surface area contributed by atoms with Crippen molar-refractivity contribution in [2.75, 3.05) is 6.61 Å². The maximum Gasteiger partial charge on any atom is 0.241 e. The van der Waals surface area contributed by atoms with Crippen molar-refractivity contribution in [1.82, 2.24) is 4.72 Å². The van der Waals surface area contributed by atoms with E-state index < -0.39 is 10.0 Å². The van der Waals surface area contributed by atoms with Crippen molar-refractivity contribution in [2.45, 2.75) is 31.7 Å². The Balaban J connectivity index is 3.03. The molecular weight excluding hydrogens is 318 g/mol. The molecule has 2 atom stereocenters. The van der Waals surface area contributed by atoms with Crippen LogP contribution in [0, 0.1) is 12.8 Å². The molecule has 0 spiro atoms. The van der Waals surface area contributed by atoms with Crippen molar-refractivity contribution in [3.8, 4) is 0 Å². The molecule has 1 rings (SSSR count). The van der Waals surface area contributed by atoms with Crippen LogP contribution >= 0.6 is 15.9 Å². The standard InChI is InChI=1S/C12H18BrNO3S/c1-8-4-5-11(13)6-12(8)18(16,17)14-10(3)9(2)7-15/h4-6,9-10,14-15H,7H2,1-3H3. The summed E-state index contributed by atoms with van der Waals surface area (Å²) in [5.74, 6) is -0.132. The van der Waals surface area contributed by atoms with E-state index in [9.17, 15) is 8.42 Å². The largest absolute Gasteiger partial charge is 0.396 e. The Bertz CT molecular complexity index is 516. The number of hydrogen-bond donors (Lipinski definition) is 2. The van der Waals surface area contributed by atoms with Gasteiger partial charge in [0.25, 0.3) is 0 Å². The van der Waals surface area contributed by atoms with E-state index in [2.05, 4.69) is 20.7 Å². The van der Waals surface area contributed by atoms with Gasteiger partial charge in [0.2, 0.25) is 10.0 Å². The number of sulfonamides is 1. The van der Waals surface area contributed by atoms with E-state index in [0.29, 0.717) is 5.56 Å². The number of nitrogens with one attached hydrogen (secondary N) is 1. The zero-order valence-corrected chi connectivity index (χ0v) is 13.0. The van der Waals surface area contributed by atoms with Crippen LogP contribution in [0.5, 0.6) is 0 Å². The minimum Gasteiger partial charge on any atom is -0.396 e. The third-order valence-electron chi connectivity index (χ3n) is 2.92. The third-order valence-corrected chi connectivity index (χ3v) is 5.12. The molecule has 1 aromatic rings. The summed E-state index contributed by atoms with van der Waals surface area (Å²) in [6.07, 6.45) is 0. The van der Waals surface area contributed by atoms with E-state index in [1.165, 1.54) is 0 Å². The van der Waals surface area contributed by atoms with Gasteiger partial charge in [0.1, 0.15) is 0 Å². The van der Waals surface area contributed by atoms with Crippen LogP contribution in [0.4, 0.5) is 0 Å². The minimum absolute atomic E-state index is 0.0544. The Morgan fingerprint density at radius 1 is 1.39 bits per heavy atom. The first kappa shape index (κ1) is 15.6. The summed E-state index contributed by atoms with van der Waals surface area (Å²) in [4.78, 5) is 0.258. The summed E-state index contributed by atoms with van der Waals surface area (Å²) in [7, 11) is -3.56. The lowest BCUT2D eigenvalue weighted by Crippen LogP contribution is -2.38. The van der Waals surface area contributed by atoms with Crippen molar-refractivity contribution < 1.29 is 13.5 Å². The molecule has 0 aromatic heterocycles. The fraction of sp³-hybridized carbons (Fsp3) is 0.500. The SMILES string of the molecule is Cc1ccc(Br)cc1S(=O)(=O)NC(C)C(C)CO. The number of halogens is 1. The van der Waals surface area contributed by atoms with Gasteiger partial charge in [-0.15, -0.1) is 0 Å². The summed E-state index contributed by atoms with van der Waals surface area (Å²) < 4.78 is 27.7. The summed E-state index contributed by atoms with van der Waals surface area (Å²) in [6.45, 7) is 5.23. The van der Waals surface area contributed by atoms with Gasteiger partial charge >= 0.3 is 0 Å². The van der Waals surface area contributed by atoms with Crippen LogP contribution in [0.2, 0.25) is 0 Å². The zero-order chi connectivity index (χ0) is 13.9. The predicted octanol–water partition coefficient (Wildman–Crippen LogP) is 2.05. The number of benzene rings is 1. The van der Waals surface area contributed by atoms with E-state index in [4.69, 9.17) is 5.11 Å². The third kappa shape index (κ3) is 3.78. The summed E-state index contributed by atoms with van der Waals surface area (Å²) >= 11 is 3.27. The molecule has 0 aliphatic rings. The van der Waals surface area contributed by atoms with Crippen molar-refractivity contribution in [1.29, 1.82) is 0 Å². The summed E-state index contributed by atoms with van der Waals surface area (Å²) in [6, 6.07) is 4.80. The molecule has 102 valence electrons. The van der Waals surface area contributed by atoms with Crippen molar-refractivity contribution >= 4 is 26.0 Å². The topological polar surface area (TPSA) is 66.4 Å². The molecule has 0 saturated heterocycles. The average Bonchev–Trinajstić information content (AvgIpc) is 2.30. The second-order valence-corrected chi connectivity index (χ2v) is 7.08. The minimum atomic E-state index is -3.56. The predicted molar refractivity (Wildman–Crippen MR) is 74.9 cm³/mol. The number of hydrogen-bond acceptors (Lipinski definition) is 3. The molecule has 0 amide bonds. The highest BCUT2D eigenvalue weighted by Gasteiger charge is 2.22. The number of aliphatic hydroxyl groups excluding tert-OH is 1. The highest BCUT2D eigenvalue weighted by atomic mass is 79.9. The molecule has 0 bridgehead atoms. The molecule has 1 aromatic carbocycles. The molecule has 0 aliphatic carbocycles. The molecule has 2 unspecified atom stereocenters. The number of rotatable bonds is 5. The van der Waals surface area contributed by atoms with Crippen LogP contribution in [0.1, 0.15) is 19.4 Å². The van der Waals surface area contributed by atoms with Crippen LogP contribution in [0.15, 0.2) is 27.6 Å². The molecule has 0 saturated carbocycles. The Morgan fingerprint density at radius 3 is 2.56 bits per heavy atom. The van der Waals surface area contributed by atoms with E-state index in [-0.39, 0.29) is 23.5 Å². The molecule has 4 nitrogen and oxygen atoms in total. The van der Waals surface area contributed by atoms with Crippen molar-refractivity contribution in [3.05, 3.63) is 28.2 Å². The number of aryl methyl sites for hydroxylation is 1. The molecule has 0 radical (unpaired) electrons. The lowest BCUT2D eigenvalue weighted by Gasteiger charge is -2.20. The Morgan fingerprint density at radius 2 is 2.00 bits per heavy atom. The molecule has 18 heavy (non-hydrogen) atoms.